The van der Waals surface area contributed by atoms with Gasteiger partial charge in [0, 0.05) is 10.9 Å². The van der Waals surface area contributed by atoms with Crippen LogP contribution in [0.15, 0.2) is 34.2 Å². The summed E-state index contributed by atoms with van der Waals surface area (Å²) in [5, 5.41) is 6.05. The van der Waals surface area contributed by atoms with Gasteiger partial charge in [-0.15, -0.1) is 11.3 Å². The molecule has 0 saturated heterocycles. The lowest BCUT2D eigenvalue weighted by Gasteiger charge is -2.09. The first-order valence-corrected chi connectivity index (χ1v) is 8.16. The molecule has 0 radical (unpaired) electrons. The Hall–Kier alpha value is -3.28. The van der Waals surface area contributed by atoms with E-state index in [1.807, 2.05) is 10.9 Å². The summed E-state index contributed by atoms with van der Waals surface area (Å²) in [4.78, 5) is 31.8. The zero-order valence-corrected chi connectivity index (χ0v) is 14.3. The van der Waals surface area contributed by atoms with Crippen molar-refractivity contribution in [2.45, 2.75) is 13.1 Å². The highest BCUT2D eigenvalue weighted by Crippen LogP contribution is 2.29. The van der Waals surface area contributed by atoms with Gasteiger partial charge in [0.05, 0.1) is 10.6 Å². The largest absolute Gasteiger partial charge is 0.416 e. The van der Waals surface area contributed by atoms with E-state index in [-0.39, 0.29) is 11.4 Å². The number of aryl methyl sites for hydroxylation is 1. The van der Waals surface area contributed by atoms with E-state index in [4.69, 9.17) is 4.52 Å². The third-order valence-corrected chi connectivity index (χ3v) is 3.98. The number of nitrogens with zero attached hydrogens (tertiary/aromatic N) is 3. The number of benzene rings is 1. The van der Waals surface area contributed by atoms with Crippen molar-refractivity contribution in [3.63, 3.8) is 0 Å². The Bertz CT molecular complexity index is 999. The summed E-state index contributed by atoms with van der Waals surface area (Å²) in [5.41, 5.74) is 3.13. The highest BCUT2D eigenvalue weighted by atomic mass is 32.1. The van der Waals surface area contributed by atoms with Crippen LogP contribution in [0.25, 0.3) is 11.5 Å². The van der Waals surface area contributed by atoms with Gasteiger partial charge in [-0.25, -0.2) is 4.98 Å². The quantitative estimate of drug-likeness (QED) is 0.658. The zero-order valence-electron chi connectivity index (χ0n) is 13.5. The van der Waals surface area contributed by atoms with Crippen LogP contribution in [0.1, 0.15) is 31.6 Å². The molecule has 140 valence electrons. The topological polar surface area (TPSA) is 110 Å². The van der Waals surface area contributed by atoms with Gasteiger partial charge in [-0.3, -0.25) is 20.4 Å². The SMILES string of the molecule is Cc1nc(-c2noc(C(=O)NNC(=O)c3cccc(C(F)(F)F)c3)n2)cs1. The fourth-order valence-corrected chi connectivity index (χ4v) is 2.55. The molecule has 12 heteroatoms. The Morgan fingerprint density at radius 2 is 1.89 bits per heavy atom. The number of hydrogen-bond acceptors (Lipinski definition) is 7. The molecule has 2 aromatic heterocycles. The third-order valence-electron chi connectivity index (χ3n) is 3.21. The molecule has 3 aromatic rings. The molecule has 8 nitrogen and oxygen atoms in total. The molecule has 1 aromatic carbocycles. The summed E-state index contributed by atoms with van der Waals surface area (Å²) in [5.74, 6) is -2.22. The molecule has 2 N–H and O–H groups in total. The Morgan fingerprint density at radius 3 is 2.56 bits per heavy atom. The second-order valence-corrected chi connectivity index (χ2v) is 6.22. The molecule has 0 saturated carbocycles. The molecule has 0 aliphatic carbocycles. The number of hydrogen-bond donors (Lipinski definition) is 2. The van der Waals surface area contributed by atoms with Crippen LogP contribution in [0.2, 0.25) is 0 Å². The third kappa shape index (κ3) is 4.28. The maximum Gasteiger partial charge on any atom is 0.416 e. The van der Waals surface area contributed by atoms with Crippen LogP contribution in [0, 0.1) is 6.92 Å². The first-order valence-electron chi connectivity index (χ1n) is 7.28. The van der Waals surface area contributed by atoms with E-state index in [0.717, 1.165) is 17.1 Å². The fraction of sp³-hybridized carbons (Fsp3) is 0.133. The highest BCUT2D eigenvalue weighted by Gasteiger charge is 2.31. The first-order chi connectivity index (χ1) is 12.7. The first kappa shape index (κ1) is 18.5. The molecule has 0 aliphatic heterocycles. The van der Waals surface area contributed by atoms with E-state index >= 15 is 0 Å². The number of alkyl halides is 3. The van der Waals surface area contributed by atoms with Crippen LogP contribution in [0.3, 0.4) is 0 Å². The van der Waals surface area contributed by atoms with Gasteiger partial charge in [0.1, 0.15) is 5.69 Å². The van der Waals surface area contributed by atoms with Crippen LogP contribution >= 0.6 is 11.3 Å². The Labute approximate surface area is 153 Å². The number of thiazole rings is 1. The van der Waals surface area contributed by atoms with E-state index in [1.165, 1.54) is 17.4 Å². The lowest BCUT2D eigenvalue weighted by atomic mass is 10.1. The monoisotopic (exact) mass is 397 g/mol. The molecule has 0 spiro atoms. The predicted octanol–water partition coefficient (Wildman–Crippen LogP) is 2.60. The van der Waals surface area contributed by atoms with Crippen molar-refractivity contribution in [2.75, 3.05) is 0 Å². The predicted molar refractivity (Wildman–Crippen MR) is 86.5 cm³/mol. The van der Waals surface area contributed by atoms with Gasteiger partial charge >= 0.3 is 18.0 Å². The number of carbonyl (C=O) groups excluding carboxylic acids is 2. The normalized spacial score (nSPS) is 11.3. The van der Waals surface area contributed by atoms with Gasteiger partial charge in [-0.2, -0.15) is 18.2 Å². The number of hydrazine groups is 1. The van der Waals surface area contributed by atoms with E-state index in [2.05, 4.69) is 15.1 Å². The average molecular weight is 397 g/mol. The zero-order chi connectivity index (χ0) is 19.6. The molecule has 0 fully saturated rings. The van der Waals surface area contributed by atoms with Crippen molar-refractivity contribution in [1.82, 2.24) is 26.0 Å². The minimum absolute atomic E-state index is 0.0914. The maximum absolute atomic E-state index is 12.7. The van der Waals surface area contributed by atoms with Crippen LogP contribution in [0.5, 0.6) is 0 Å². The van der Waals surface area contributed by atoms with Crippen LogP contribution in [-0.2, 0) is 6.18 Å². The van der Waals surface area contributed by atoms with Crippen molar-refractivity contribution < 1.29 is 27.3 Å². The molecule has 0 atom stereocenters. The van der Waals surface area contributed by atoms with Gasteiger partial charge in [-0.1, -0.05) is 11.2 Å². The standard InChI is InChI=1S/C15H10F3N5O3S/c1-7-19-10(6-27-7)11-20-14(26-23-11)13(25)22-21-12(24)8-3-2-4-9(5-8)15(16,17)18/h2-6H,1H3,(H,21,24)(H,22,25). The van der Waals surface area contributed by atoms with Crippen molar-refractivity contribution in [1.29, 1.82) is 0 Å². The maximum atomic E-state index is 12.7. The van der Waals surface area contributed by atoms with Crippen LogP contribution in [0.4, 0.5) is 13.2 Å². The summed E-state index contributed by atoms with van der Waals surface area (Å²) in [6, 6.07) is 3.75. The smallest absolute Gasteiger partial charge is 0.328 e. The minimum atomic E-state index is -4.59. The summed E-state index contributed by atoms with van der Waals surface area (Å²) in [6.07, 6.45) is -4.59. The number of halogens is 3. The van der Waals surface area contributed by atoms with Gasteiger partial charge in [0.25, 0.3) is 5.91 Å². The number of carbonyl (C=O) groups is 2. The Kier molecular flexibility index (Phi) is 4.90. The Morgan fingerprint density at radius 1 is 1.15 bits per heavy atom. The molecular weight excluding hydrogens is 387 g/mol. The molecule has 0 aliphatic rings. The minimum Gasteiger partial charge on any atom is -0.328 e. The van der Waals surface area contributed by atoms with Gasteiger partial charge in [0.15, 0.2) is 0 Å². The fourth-order valence-electron chi connectivity index (χ4n) is 1.96. The Balaban J connectivity index is 1.64. The van der Waals surface area contributed by atoms with Crippen molar-refractivity contribution in [2.24, 2.45) is 0 Å². The number of aromatic nitrogens is 3. The number of nitrogens with one attached hydrogen (secondary N) is 2. The molecule has 2 amide bonds. The van der Waals surface area contributed by atoms with Gasteiger partial charge in [-0.05, 0) is 25.1 Å². The summed E-state index contributed by atoms with van der Waals surface area (Å²) in [7, 11) is 0. The average Bonchev–Trinajstić information content (AvgIpc) is 3.27. The summed E-state index contributed by atoms with van der Waals surface area (Å²) in [6.45, 7) is 1.78. The summed E-state index contributed by atoms with van der Waals surface area (Å²) < 4.78 is 42.8. The van der Waals surface area contributed by atoms with E-state index in [1.54, 1.807) is 12.3 Å². The second-order valence-electron chi connectivity index (χ2n) is 5.16. The molecular formula is C15H10F3N5O3S. The summed E-state index contributed by atoms with van der Waals surface area (Å²) >= 11 is 1.36. The number of amides is 2. The van der Waals surface area contributed by atoms with Gasteiger partial charge < -0.3 is 4.52 Å². The van der Waals surface area contributed by atoms with E-state index < -0.39 is 29.4 Å². The highest BCUT2D eigenvalue weighted by molar-refractivity contribution is 7.09. The molecule has 27 heavy (non-hydrogen) atoms. The number of rotatable bonds is 3. The molecule has 2 heterocycles. The van der Waals surface area contributed by atoms with Crippen molar-refractivity contribution in [3.05, 3.63) is 51.7 Å². The van der Waals surface area contributed by atoms with Gasteiger partial charge in [0.2, 0.25) is 5.82 Å². The molecule has 0 bridgehead atoms. The lowest BCUT2D eigenvalue weighted by Crippen LogP contribution is -2.41. The van der Waals surface area contributed by atoms with E-state index in [9.17, 15) is 22.8 Å². The molecule has 0 unspecified atom stereocenters. The van der Waals surface area contributed by atoms with Crippen LogP contribution in [-0.4, -0.2) is 26.9 Å². The van der Waals surface area contributed by atoms with Crippen LogP contribution < -0.4 is 10.9 Å². The second kappa shape index (κ2) is 7.15. The lowest BCUT2D eigenvalue weighted by molar-refractivity contribution is -0.137. The van der Waals surface area contributed by atoms with Crippen molar-refractivity contribution in [3.8, 4) is 11.5 Å². The van der Waals surface area contributed by atoms with Crippen molar-refractivity contribution >= 4 is 23.2 Å². The van der Waals surface area contributed by atoms with E-state index in [0.29, 0.717) is 11.8 Å². The molecule has 3 rings (SSSR count).